The van der Waals surface area contributed by atoms with Gasteiger partial charge in [0.25, 0.3) is 0 Å². The van der Waals surface area contributed by atoms with Crippen LogP contribution in [-0.4, -0.2) is 54.0 Å². The molecule has 3 rings (SSSR count). The van der Waals surface area contributed by atoms with Gasteiger partial charge in [0.05, 0.1) is 31.5 Å². The first kappa shape index (κ1) is 17.4. The van der Waals surface area contributed by atoms with Crippen molar-refractivity contribution < 1.29 is 13.9 Å². The Hall–Kier alpha value is -2.45. The summed E-state index contributed by atoms with van der Waals surface area (Å²) in [6, 6.07) is 7.94. The highest BCUT2D eigenvalue weighted by Gasteiger charge is 2.23. The van der Waals surface area contributed by atoms with Crippen molar-refractivity contribution in [2.75, 3.05) is 32.8 Å². The van der Waals surface area contributed by atoms with Gasteiger partial charge < -0.3 is 15.4 Å². The van der Waals surface area contributed by atoms with Crippen LogP contribution < -0.4 is 10.6 Å². The maximum Gasteiger partial charge on any atom is 0.315 e. The van der Waals surface area contributed by atoms with Crippen molar-refractivity contribution in [3.05, 3.63) is 53.6 Å². The largest absolute Gasteiger partial charge is 0.379 e. The average molecular weight is 347 g/mol. The lowest BCUT2D eigenvalue weighted by atomic mass is 10.0. The van der Waals surface area contributed by atoms with E-state index in [-0.39, 0.29) is 17.9 Å². The molecule has 2 heterocycles. The number of carbonyl (C=O) groups excluding carboxylic acids is 1. The number of H-pyrrole nitrogens is 1. The van der Waals surface area contributed by atoms with Gasteiger partial charge in [0.1, 0.15) is 5.82 Å². The third kappa shape index (κ3) is 5.01. The molecule has 0 radical (unpaired) electrons. The van der Waals surface area contributed by atoms with Gasteiger partial charge in [-0.05, 0) is 23.8 Å². The lowest BCUT2D eigenvalue weighted by molar-refractivity contribution is 0.0167. The minimum atomic E-state index is -0.269. The van der Waals surface area contributed by atoms with Crippen molar-refractivity contribution in [1.29, 1.82) is 0 Å². The zero-order valence-corrected chi connectivity index (χ0v) is 13.9. The van der Waals surface area contributed by atoms with Gasteiger partial charge in [-0.15, -0.1) is 0 Å². The van der Waals surface area contributed by atoms with Gasteiger partial charge in [-0.1, -0.05) is 12.1 Å². The maximum atomic E-state index is 13.2. The summed E-state index contributed by atoms with van der Waals surface area (Å²) in [5, 5.41) is 12.3. The first-order valence-electron chi connectivity index (χ1n) is 8.29. The standard InChI is InChI=1S/C17H22FN5O2/c18-14-3-1-13(2-4-14)16(23-7-9-25-10-8-23)12-20-17(24)19-11-15-5-6-21-22-15/h1-6,16H,7-12H2,(H,21,22)(H2,19,20,24)/t16-/m0/s1. The fourth-order valence-electron chi connectivity index (χ4n) is 2.84. The Balaban J connectivity index is 1.58. The number of halogens is 1. The fraction of sp³-hybridized carbons (Fsp3) is 0.412. The highest BCUT2D eigenvalue weighted by molar-refractivity contribution is 5.73. The number of carbonyl (C=O) groups is 1. The lowest BCUT2D eigenvalue weighted by Gasteiger charge is -2.34. The van der Waals surface area contributed by atoms with Gasteiger partial charge in [-0.3, -0.25) is 10.00 Å². The summed E-state index contributed by atoms with van der Waals surface area (Å²) >= 11 is 0. The quantitative estimate of drug-likeness (QED) is 0.738. The minimum Gasteiger partial charge on any atom is -0.379 e. The van der Waals surface area contributed by atoms with E-state index in [2.05, 4.69) is 25.7 Å². The number of amides is 2. The second kappa shape index (κ2) is 8.59. The number of ether oxygens (including phenoxy) is 1. The van der Waals surface area contributed by atoms with Crippen LogP contribution in [0, 0.1) is 5.82 Å². The number of morpholine rings is 1. The van der Waals surface area contributed by atoms with Crippen LogP contribution in [0.2, 0.25) is 0 Å². The highest BCUT2D eigenvalue weighted by atomic mass is 19.1. The molecule has 1 aromatic heterocycles. The van der Waals surface area contributed by atoms with E-state index in [1.165, 1.54) is 12.1 Å². The number of nitrogens with zero attached hydrogens (tertiary/aromatic N) is 2. The molecule has 0 unspecified atom stereocenters. The molecule has 1 aliphatic rings. The average Bonchev–Trinajstić information content (AvgIpc) is 3.16. The Morgan fingerprint density at radius 3 is 2.68 bits per heavy atom. The minimum absolute atomic E-state index is 0.0256. The third-order valence-electron chi connectivity index (χ3n) is 4.20. The van der Waals surface area contributed by atoms with Crippen molar-refractivity contribution >= 4 is 6.03 Å². The molecule has 3 N–H and O–H groups in total. The van der Waals surface area contributed by atoms with Gasteiger partial charge in [-0.2, -0.15) is 5.10 Å². The normalized spacial score (nSPS) is 16.4. The van der Waals surface area contributed by atoms with Gasteiger partial charge in [0, 0.05) is 25.8 Å². The topological polar surface area (TPSA) is 82.3 Å². The van der Waals surface area contributed by atoms with Crippen LogP contribution in [0.15, 0.2) is 36.5 Å². The van der Waals surface area contributed by atoms with Crippen molar-refractivity contribution in [1.82, 2.24) is 25.7 Å². The summed E-state index contributed by atoms with van der Waals surface area (Å²) in [7, 11) is 0. The number of benzene rings is 1. The third-order valence-corrected chi connectivity index (χ3v) is 4.20. The van der Waals surface area contributed by atoms with E-state index < -0.39 is 0 Å². The van der Waals surface area contributed by atoms with Gasteiger partial charge >= 0.3 is 6.03 Å². The van der Waals surface area contributed by atoms with Gasteiger partial charge in [0.2, 0.25) is 0 Å². The van der Waals surface area contributed by atoms with E-state index in [4.69, 9.17) is 4.74 Å². The summed E-state index contributed by atoms with van der Waals surface area (Å²) < 4.78 is 18.6. The molecule has 0 spiro atoms. The smallest absolute Gasteiger partial charge is 0.315 e. The molecule has 0 aliphatic carbocycles. The van der Waals surface area contributed by atoms with Crippen molar-refractivity contribution in [2.45, 2.75) is 12.6 Å². The maximum absolute atomic E-state index is 13.2. The molecule has 1 atom stereocenters. The Kier molecular flexibility index (Phi) is 5.97. The molecule has 0 bridgehead atoms. The van der Waals surface area contributed by atoms with Crippen molar-refractivity contribution in [3.63, 3.8) is 0 Å². The molecule has 1 saturated heterocycles. The molecule has 25 heavy (non-hydrogen) atoms. The highest BCUT2D eigenvalue weighted by Crippen LogP contribution is 2.21. The number of nitrogens with one attached hydrogen (secondary N) is 3. The van der Waals surface area contributed by atoms with E-state index >= 15 is 0 Å². The number of aromatic amines is 1. The molecule has 2 amide bonds. The monoisotopic (exact) mass is 347 g/mol. The predicted octanol–water partition coefficient (Wildman–Crippen LogP) is 1.42. The summed E-state index contributed by atoms with van der Waals surface area (Å²) in [5.41, 5.74) is 1.80. The molecule has 2 aromatic rings. The molecule has 1 fully saturated rings. The Bertz CT molecular complexity index is 656. The van der Waals surface area contributed by atoms with Crippen LogP contribution in [-0.2, 0) is 11.3 Å². The lowest BCUT2D eigenvalue weighted by Crippen LogP contribution is -2.45. The summed E-state index contributed by atoms with van der Waals surface area (Å²) in [5.74, 6) is -0.269. The van der Waals surface area contributed by atoms with Crippen LogP contribution in [0.25, 0.3) is 0 Å². The van der Waals surface area contributed by atoms with Crippen LogP contribution >= 0.6 is 0 Å². The molecule has 8 heteroatoms. The first-order valence-corrected chi connectivity index (χ1v) is 8.29. The van der Waals surface area contributed by atoms with Crippen molar-refractivity contribution in [2.24, 2.45) is 0 Å². The Morgan fingerprint density at radius 2 is 2.00 bits per heavy atom. The summed E-state index contributed by atoms with van der Waals surface area (Å²) in [6.07, 6.45) is 1.64. The molecule has 1 aliphatic heterocycles. The zero-order chi connectivity index (χ0) is 17.5. The van der Waals surface area contributed by atoms with Crippen LogP contribution in [0.5, 0.6) is 0 Å². The fourth-order valence-corrected chi connectivity index (χ4v) is 2.84. The van der Waals surface area contributed by atoms with E-state index in [0.29, 0.717) is 26.3 Å². The Morgan fingerprint density at radius 1 is 1.24 bits per heavy atom. The number of hydrogen-bond acceptors (Lipinski definition) is 4. The second-order valence-electron chi connectivity index (χ2n) is 5.86. The molecule has 1 aromatic carbocycles. The van der Waals surface area contributed by atoms with Crippen LogP contribution in [0.3, 0.4) is 0 Å². The van der Waals surface area contributed by atoms with E-state index in [1.807, 2.05) is 0 Å². The van der Waals surface area contributed by atoms with Crippen LogP contribution in [0.1, 0.15) is 17.3 Å². The molecular formula is C17H22FN5O2. The van der Waals surface area contributed by atoms with E-state index in [0.717, 1.165) is 24.3 Å². The molecule has 134 valence electrons. The van der Waals surface area contributed by atoms with Crippen LogP contribution in [0.4, 0.5) is 9.18 Å². The van der Waals surface area contributed by atoms with Crippen molar-refractivity contribution in [3.8, 4) is 0 Å². The van der Waals surface area contributed by atoms with Gasteiger partial charge in [0.15, 0.2) is 0 Å². The van der Waals surface area contributed by atoms with Gasteiger partial charge in [-0.25, -0.2) is 9.18 Å². The number of urea groups is 1. The number of aromatic nitrogens is 2. The molecule has 7 nitrogen and oxygen atoms in total. The molecular weight excluding hydrogens is 325 g/mol. The molecule has 0 saturated carbocycles. The second-order valence-corrected chi connectivity index (χ2v) is 5.86. The summed E-state index contributed by atoms with van der Waals surface area (Å²) in [4.78, 5) is 14.3. The zero-order valence-electron chi connectivity index (χ0n) is 13.9. The Labute approximate surface area is 145 Å². The predicted molar refractivity (Wildman–Crippen MR) is 90.4 cm³/mol. The first-order chi connectivity index (χ1) is 12.2. The number of rotatable bonds is 6. The summed E-state index contributed by atoms with van der Waals surface area (Å²) in [6.45, 7) is 3.68. The number of hydrogen-bond donors (Lipinski definition) is 3. The van der Waals surface area contributed by atoms with E-state index in [9.17, 15) is 9.18 Å². The SMILES string of the molecule is O=C(NCc1ccn[nH]1)NC[C@@H](c1ccc(F)cc1)N1CCOCC1. The van der Waals surface area contributed by atoms with E-state index in [1.54, 1.807) is 24.4 Å².